The highest BCUT2D eigenvalue weighted by Crippen LogP contribution is 2.45. The normalized spacial score (nSPS) is 31.2. The molecule has 0 N–H and O–H groups in total. The van der Waals surface area contributed by atoms with Crippen molar-refractivity contribution in [3.63, 3.8) is 0 Å². The Balaban J connectivity index is 1.28. The van der Waals surface area contributed by atoms with Crippen molar-refractivity contribution in [3.8, 4) is 0 Å². The first-order chi connectivity index (χ1) is 14.7. The van der Waals surface area contributed by atoms with Gasteiger partial charge in [-0.05, 0) is 62.1 Å². The summed E-state index contributed by atoms with van der Waals surface area (Å²) in [6, 6.07) is 9.57. The zero-order valence-corrected chi connectivity index (χ0v) is 18.1. The van der Waals surface area contributed by atoms with E-state index in [1.165, 1.54) is 61.7 Å². The first kappa shape index (κ1) is 18.7. The molecular weight excluding hydrogens is 370 g/mol. The summed E-state index contributed by atoms with van der Waals surface area (Å²) in [4.78, 5) is 18.6. The zero-order valence-electron chi connectivity index (χ0n) is 18.1. The lowest BCUT2D eigenvalue weighted by Crippen LogP contribution is -2.60. The molecule has 3 aliphatic heterocycles. The number of nitrogens with zero attached hydrogens (tertiary/aromatic N) is 3. The van der Waals surface area contributed by atoms with Crippen LogP contribution < -0.4 is 0 Å². The average Bonchev–Trinajstić information content (AvgIpc) is 3.09. The van der Waals surface area contributed by atoms with E-state index in [1.54, 1.807) is 5.57 Å². The molecule has 30 heavy (non-hydrogen) atoms. The summed E-state index contributed by atoms with van der Waals surface area (Å²) < 4.78 is 2.16. The molecule has 2 bridgehead atoms. The van der Waals surface area contributed by atoms with Crippen molar-refractivity contribution in [2.24, 2.45) is 18.9 Å². The smallest absolute Gasteiger partial charge is 0.227 e. The topological polar surface area (TPSA) is 28.5 Å². The number of carbonyl (C=O) groups is 1. The maximum Gasteiger partial charge on any atom is 0.227 e. The molecule has 4 heteroatoms. The van der Waals surface area contributed by atoms with Crippen LogP contribution in [0.1, 0.15) is 44.1 Å². The Hall–Kier alpha value is -2.07. The molecule has 4 aliphatic rings. The summed E-state index contributed by atoms with van der Waals surface area (Å²) >= 11 is 0. The average molecular weight is 404 g/mol. The van der Waals surface area contributed by atoms with Gasteiger partial charge >= 0.3 is 0 Å². The first-order valence-corrected chi connectivity index (χ1v) is 12.0. The Morgan fingerprint density at radius 1 is 1.13 bits per heavy atom. The van der Waals surface area contributed by atoms with Crippen LogP contribution in [0.2, 0.25) is 0 Å². The second-order valence-electron chi connectivity index (χ2n) is 10.1. The van der Waals surface area contributed by atoms with Crippen LogP contribution in [0.3, 0.4) is 0 Å². The third kappa shape index (κ3) is 2.95. The Labute approximate surface area is 179 Å². The van der Waals surface area contributed by atoms with Crippen LogP contribution in [0.25, 0.3) is 10.9 Å². The summed E-state index contributed by atoms with van der Waals surface area (Å²) in [6.45, 7) is 3.38. The molecule has 158 valence electrons. The van der Waals surface area contributed by atoms with E-state index < -0.39 is 0 Å². The van der Waals surface area contributed by atoms with Gasteiger partial charge in [0.1, 0.15) is 0 Å². The number of benzene rings is 1. The lowest BCUT2D eigenvalue weighted by atomic mass is 9.68. The third-order valence-corrected chi connectivity index (χ3v) is 8.30. The van der Waals surface area contributed by atoms with Crippen LogP contribution in [-0.2, 0) is 18.3 Å². The highest BCUT2D eigenvalue weighted by molar-refractivity contribution is 5.89. The van der Waals surface area contributed by atoms with E-state index in [1.807, 2.05) is 0 Å². The quantitative estimate of drug-likeness (QED) is 0.705. The maximum absolute atomic E-state index is 13.6. The second kappa shape index (κ2) is 7.26. The summed E-state index contributed by atoms with van der Waals surface area (Å²) in [7, 11) is 2.08. The largest absolute Gasteiger partial charge is 0.350 e. The molecule has 1 aromatic carbocycles. The number of aromatic nitrogens is 1. The summed E-state index contributed by atoms with van der Waals surface area (Å²) in [5, 5.41) is 1.22. The van der Waals surface area contributed by atoms with E-state index in [0.29, 0.717) is 24.3 Å². The minimum absolute atomic E-state index is 0.321. The van der Waals surface area contributed by atoms with Crippen LogP contribution in [0, 0.1) is 11.8 Å². The van der Waals surface area contributed by atoms with E-state index in [-0.39, 0.29) is 0 Å². The number of amides is 1. The number of hydrogen-bond acceptors (Lipinski definition) is 2. The molecule has 1 amide bonds. The molecule has 1 aromatic heterocycles. The molecule has 3 fully saturated rings. The molecule has 3 saturated heterocycles. The Kier molecular flexibility index (Phi) is 4.52. The van der Waals surface area contributed by atoms with Crippen LogP contribution in [0.15, 0.2) is 42.1 Å². The fourth-order valence-corrected chi connectivity index (χ4v) is 7.08. The number of hydrogen-bond donors (Lipinski definition) is 0. The Bertz CT molecular complexity index is 1000. The number of para-hydroxylation sites is 1. The highest BCUT2D eigenvalue weighted by atomic mass is 16.2. The van der Waals surface area contributed by atoms with Crippen LogP contribution in [-0.4, -0.2) is 52.0 Å². The molecule has 2 aromatic rings. The van der Waals surface area contributed by atoms with E-state index in [9.17, 15) is 4.79 Å². The van der Waals surface area contributed by atoms with Gasteiger partial charge in [0.25, 0.3) is 0 Å². The minimum Gasteiger partial charge on any atom is -0.350 e. The molecular formula is C26H33N3O. The zero-order chi connectivity index (χ0) is 20.2. The number of fused-ring (bicyclic) bond motifs is 7. The van der Waals surface area contributed by atoms with Gasteiger partial charge in [0.05, 0.1) is 12.5 Å². The second-order valence-corrected chi connectivity index (χ2v) is 10.1. The standard InChI is InChI=1S/C26H33N3O/c1-27-16-20(22-8-2-3-10-24(22)27)15-25(30)29-12-6-7-18-13-19-14-21(26(18)29)17-28-11-5-4-9-23(19)28/h2-3,8,10,13,16,19,21,23,26H,4-7,9,11-12,14-15,17H2,1H3/t19-,21+,23?,26?/m1/s1. The van der Waals surface area contributed by atoms with Crippen molar-refractivity contribution < 1.29 is 4.79 Å². The van der Waals surface area contributed by atoms with Gasteiger partial charge in [-0.2, -0.15) is 0 Å². The predicted octanol–water partition coefficient (Wildman–Crippen LogP) is 4.14. The SMILES string of the molecule is Cn1cc(CC(=O)N2CCCC3=C[C@@H]4C[C@@H](CN5CCCCC45)C32)c2ccccc21. The molecule has 4 nitrogen and oxygen atoms in total. The fourth-order valence-electron chi connectivity index (χ4n) is 7.08. The lowest BCUT2D eigenvalue weighted by molar-refractivity contribution is -0.135. The van der Waals surface area contributed by atoms with Gasteiger partial charge in [-0.15, -0.1) is 0 Å². The van der Waals surface area contributed by atoms with Crippen molar-refractivity contribution in [1.82, 2.24) is 14.4 Å². The molecule has 2 unspecified atom stereocenters. The monoisotopic (exact) mass is 403 g/mol. The van der Waals surface area contributed by atoms with Crippen molar-refractivity contribution in [2.75, 3.05) is 19.6 Å². The van der Waals surface area contributed by atoms with Gasteiger partial charge in [0.2, 0.25) is 5.91 Å². The number of rotatable bonds is 2. The fraction of sp³-hybridized carbons (Fsp3) is 0.577. The molecule has 0 spiro atoms. The molecule has 0 saturated carbocycles. The van der Waals surface area contributed by atoms with Crippen LogP contribution in [0.4, 0.5) is 0 Å². The molecule has 1 aliphatic carbocycles. The number of piperidine rings is 3. The Morgan fingerprint density at radius 3 is 2.97 bits per heavy atom. The van der Waals surface area contributed by atoms with Crippen molar-refractivity contribution in [1.29, 1.82) is 0 Å². The van der Waals surface area contributed by atoms with E-state index in [0.717, 1.165) is 24.9 Å². The third-order valence-electron chi connectivity index (χ3n) is 8.30. The van der Waals surface area contributed by atoms with E-state index in [4.69, 9.17) is 0 Å². The van der Waals surface area contributed by atoms with Gasteiger partial charge in [0, 0.05) is 43.3 Å². The van der Waals surface area contributed by atoms with Crippen LogP contribution in [0.5, 0.6) is 0 Å². The van der Waals surface area contributed by atoms with Crippen molar-refractivity contribution >= 4 is 16.8 Å². The van der Waals surface area contributed by atoms with E-state index >= 15 is 0 Å². The molecule has 4 atom stereocenters. The van der Waals surface area contributed by atoms with Crippen LogP contribution >= 0.6 is 0 Å². The highest BCUT2D eigenvalue weighted by Gasteiger charge is 2.46. The Morgan fingerprint density at radius 2 is 2.03 bits per heavy atom. The maximum atomic E-state index is 13.6. The summed E-state index contributed by atoms with van der Waals surface area (Å²) in [5.74, 6) is 1.67. The molecule has 0 radical (unpaired) electrons. The van der Waals surface area contributed by atoms with Crippen molar-refractivity contribution in [3.05, 3.63) is 47.7 Å². The van der Waals surface area contributed by atoms with Gasteiger partial charge in [-0.1, -0.05) is 36.3 Å². The predicted molar refractivity (Wildman–Crippen MR) is 120 cm³/mol. The van der Waals surface area contributed by atoms with Crippen molar-refractivity contribution in [2.45, 2.75) is 57.0 Å². The van der Waals surface area contributed by atoms with Gasteiger partial charge in [0.15, 0.2) is 0 Å². The summed E-state index contributed by atoms with van der Waals surface area (Å²) in [6.07, 6.45) is 13.0. The molecule has 4 heterocycles. The number of aryl methyl sites for hydroxylation is 1. The van der Waals surface area contributed by atoms with Gasteiger partial charge in [-0.3, -0.25) is 9.69 Å². The number of likely N-dealkylation sites (tertiary alicyclic amines) is 1. The minimum atomic E-state index is 0.321. The summed E-state index contributed by atoms with van der Waals surface area (Å²) in [5.41, 5.74) is 3.96. The molecule has 6 rings (SSSR count). The van der Waals surface area contributed by atoms with E-state index in [2.05, 4.69) is 58.0 Å². The van der Waals surface area contributed by atoms with Gasteiger partial charge in [-0.25, -0.2) is 0 Å². The first-order valence-electron chi connectivity index (χ1n) is 12.0. The van der Waals surface area contributed by atoms with Gasteiger partial charge < -0.3 is 9.47 Å². The number of carbonyl (C=O) groups excluding carboxylic acids is 1. The lowest BCUT2D eigenvalue weighted by Gasteiger charge is -2.54.